The first-order valence-corrected chi connectivity index (χ1v) is 12.7. The Labute approximate surface area is 207 Å². The molecule has 2 saturated carbocycles. The fraction of sp³-hybridized carbons (Fsp3) is 0.600. The van der Waals surface area contributed by atoms with Crippen molar-refractivity contribution < 1.29 is 4.74 Å². The van der Waals surface area contributed by atoms with Crippen molar-refractivity contribution in [2.45, 2.75) is 70.5 Å². The Morgan fingerprint density at radius 1 is 1.09 bits per heavy atom. The first kappa shape index (κ1) is 24.5. The van der Waals surface area contributed by atoms with Crippen LogP contribution < -0.4 is 16.0 Å². The molecule has 2 aliphatic carbocycles. The van der Waals surface area contributed by atoms with Crippen LogP contribution in [0.4, 0.5) is 11.5 Å². The Morgan fingerprint density at radius 3 is 2.52 bits per heavy atom. The molecule has 4 rings (SSSR count). The maximum absolute atomic E-state index is 6.53. The first-order chi connectivity index (χ1) is 15.8. The third-order valence-electron chi connectivity index (χ3n) is 6.83. The molecular formula is C25H35Cl2N5O. The molecule has 180 valence electrons. The Balaban J connectivity index is 1.39. The van der Waals surface area contributed by atoms with Crippen molar-refractivity contribution >= 4 is 34.7 Å². The van der Waals surface area contributed by atoms with Crippen LogP contribution >= 0.6 is 23.2 Å². The molecule has 33 heavy (non-hydrogen) atoms. The van der Waals surface area contributed by atoms with E-state index in [1.165, 1.54) is 12.8 Å². The Morgan fingerprint density at radius 2 is 1.82 bits per heavy atom. The molecule has 8 heteroatoms. The number of nitrogens with zero attached hydrogens (tertiary/aromatic N) is 2. The lowest BCUT2D eigenvalue weighted by atomic mass is 9.90. The van der Waals surface area contributed by atoms with Gasteiger partial charge in [-0.2, -0.15) is 0 Å². The summed E-state index contributed by atoms with van der Waals surface area (Å²) >= 11 is 12.9. The van der Waals surface area contributed by atoms with Gasteiger partial charge in [0.25, 0.3) is 0 Å². The SMILES string of the molecule is COC[C@@H](C)NC1CCC(Nc2cc(-c3cnc(Cl)c(NCC4(C)CC4)c3)c(Cl)cn2)CC1. The van der Waals surface area contributed by atoms with Crippen LogP contribution in [0.5, 0.6) is 0 Å². The lowest BCUT2D eigenvalue weighted by molar-refractivity contribution is 0.161. The van der Waals surface area contributed by atoms with Gasteiger partial charge in [-0.1, -0.05) is 30.1 Å². The quantitative estimate of drug-likeness (QED) is 0.353. The Bertz CT molecular complexity index is 944. The molecular weight excluding hydrogens is 457 g/mol. The summed E-state index contributed by atoms with van der Waals surface area (Å²) in [5, 5.41) is 11.8. The minimum atomic E-state index is 0.376. The zero-order valence-electron chi connectivity index (χ0n) is 19.8. The van der Waals surface area contributed by atoms with Crippen molar-refractivity contribution in [3.8, 4) is 11.1 Å². The molecule has 2 fully saturated rings. The summed E-state index contributed by atoms with van der Waals surface area (Å²) in [4.78, 5) is 8.93. The van der Waals surface area contributed by atoms with E-state index in [2.05, 4.69) is 39.8 Å². The predicted molar refractivity (Wildman–Crippen MR) is 137 cm³/mol. The second-order valence-electron chi connectivity index (χ2n) is 9.99. The number of hydrogen-bond donors (Lipinski definition) is 3. The van der Waals surface area contributed by atoms with Gasteiger partial charge in [-0.15, -0.1) is 0 Å². The molecule has 6 nitrogen and oxygen atoms in total. The number of halogens is 2. The number of pyridine rings is 2. The van der Waals surface area contributed by atoms with Crippen molar-refractivity contribution in [1.82, 2.24) is 15.3 Å². The summed E-state index contributed by atoms with van der Waals surface area (Å²) in [5.41, 5.74) is 3.06. The van der Waals surface area contributed by atoms with Crippen LogP contribution in [-0.2, 0) is 4.74 Å². The van der Waals surface area contributed by atoms with Crippen molar-refractivity contribution in [2.24, 2.45) is 5.41 Å². The Kier molecular flexibility index (Phi) is 8.00. The van der Waals surface area contributed by atoms with Crippen LogP contribution in [0.15, 0.2) is 24.5 Å². The van der Waals surface area contributed by atoms with E-state index < -0.39 is 0 Å². The number of methoxy groups -OCH3 is 1. The molecule has 2 aliphatic rings. The summed E-state index contributed by atoms with van der Waals surface area (Å²) in [6.45, 7) is 6.10. The summed E-state index contributed by atoms with van der Waals surface area (Å²) in [6, 6.07) is 5.38. The highest BCUT2D eigenvalue weighted by Crippen LogP contribution is 2.45. The third-order valence-corrected chi connectivity index (χ3v) is 7.43. The molecule has 0 bridgehead atoms. The van der Waals surface area contributed by atoms with Gasteiger partial charge in [0.2, 0.25) is 0 Å². The molecule has 0 aliphatic heterocycles. The second kappa shape index (κ2) is 10.8. The van der Waals surface area contributed by atoms with Crippen molar-refractivity contribution in [1.29, 1.82) is 0 Å². The van der Waals surface area contributed by atoms with E-state index in [-0.39, 0.29) is 0 Å². The van der Waals surface area contributed by atoms with Gasteiger partial charge in [0, 0.05) is 55.3 Å². The standard InChI is InChI=1S/C25H35Cl2N5O/c1-16(14-33-3)31-18-4-6-19(7-5-18)32-23-11-20(21(26)13-28-23)17-10-22(24(27)29-12-17)30-15-25(2)8-9-25/h10-13,16,18-19,30-31H,4-9,14-15H2,1-3H3,(H,28,32)/t16-,18?,19?/m1/s1. The maximum Gasteiger partial charge on any atom is 0.152 e. The monoisotopic (exact) mass is 491 g/mol. The van der Waals surface area contributed by atoms with Gasteiger partial charge in [0.05, 0.1) is 17.3 Å². The number of ether oxygens (including phenoxy) is 1. The van der Waals surface area contributed by atoms with Gasteiger partial charge in [-0.05, 0) is 63.0 Å². The molecule has 2 heterocycles. The van der Waals surface area contributed by atoms with Crippen LogP contribution in [0.1, 0.15) is 52.4 Å². The molecule has 0 amide bonds. The molecule has 2 aromatic heterocycles. The van der Waals surface area contributed by atoms with Gasteiger partial charge in [-0.3, -0.25) is 0 Å². The predicted octanol–water partition coefficient (Wildman–Crippen LogP) is 6.01. The first-order valence-electron chi connectivity index (χ1n) is 11.9. The van der Waals surface area contributed by atoms with E-state index in [4.69, 9.17) is 27.9 Å². The van der Waals surface area contributed by atoms with Crippen LogP contribution in [0, 0.1) is 5.41 Å². The van der Waals surface area contributed by atoms with E-state index in [0.29, 0.717) is 33.7 Å². The molecule has 0 saturated heterocycles. The van der Waals surface area contributed by atoms with Gasteiger partial charge < -0.3 is 20.7 Å². The minimum Gasteiger partial charge on any atom is -0.383 e. The average molecular weight is 492 g/mol. The van der Waals surface area contributed by atoms with Crippen molar-refractivity contribution in [3.63, 3.8) is 0 Å². The average Bonchev–Trinajstić information content (AvgIpc) is 3.53. The number of hydrogen-bond acceptors (Lipinski definition) is 6. The van der Waals surface area contributed by atoms with Crippen molar-refractivity contribution in [3.05, 3.63) is 34.7 Å². The summed E-state index contributed by atoms with van der Waals surface area (Å²) in [5.74, 6) is 0.841. The fourth-order valence-electron chi connectivity index (χ4n) is 4.47. The van der Waals surface area contributed by atoms with E-state index >= 15 is 0 Å². The number of aromatic nitrogens is 2. The highest BCUT2D eigenvalue weighted by atomic mass is 35.5. The fourth-order valence-corrected chi connectivity index (χ4v) is 4.85. The second-order valence-corrected chi connectivity index (χ2v) is 10.8. The van der Waals surface area contributed by atoms with Gasteiger partial charge in [0.15, 0.2) is 5.15 Å². The van der Waals surface area contributed by atoms with E-state index in [9.17, 15) is 0 Å². The van der Waals surface area contributed by atoms with Gasteiger partial charge >= 0.3 is 0 Å². The van der Waals surface area contributed by atoms with E-state index in [1.807, 2.05) is 12.1 Å². The van der Waals surface area contributed by atoms with Crippen LogP contribution in [-0.4, -0.2) is 48.4 Å². The van der Waals surface area contributed by atoms with Crippen LogP contribution in [0.3, 0.4) is 0 Å². The largest absolute Gasteiger partial charge is 0.383 e. The maximum atomic E-state index is 6.53. The third kappa shape index (κ3) is 6.72. The minimum absolute atomic E-state index is 0.376. The van der Waals surface area contributed by atoms with Crippen LogP contribution in [0.25, 0.3) is 11.1 Å². The number of rotatable bonds is 10. The zero-order valence-corrected chi connectivity index (χ0v) is 21.3. The normalized spacial score (nSPS) is 22.6. The van der Waals surface area contributed by atoms with E-state index in [1.54, 1.807) is 19.5 Å². The number of nitrogens with one attached hydrogen (secondary N) is 3. The molecule has 0 aromatic carbocycles. The smallest absolute Gasteiger partial charge is 0.152 e. The van der Waals surface area contributed by atoms with Crippen LogP contribution in [0.2, 0.25) is 10.2 Å². The highest BCUT2D eigenvalue weighted by molar-refractivity contribution is 6.33. The van der Waals surface area contributed by atoms with Gasteiger partial charge in [0.1, 0.15) is 5.82 Å². The van der Waals surface area contributed by atoms with Crippen molar-refractivity contribution in [2.75, 3.05) is 30.9 Å². The zero-order chi connectivity index (χ0) is 23.4. The molecule has 0 spiro atoms. The van der Waals surface area contributed by atoms with E-state index in [0.717, 1.165) is 61.5 Å². The lowest BCUT2D eigenvalue weighted by Crippen LogP contribution is -2.42. The lowest BCUT2D eigenvalue weighted by Gasteiger charge is -2.32. The molecule has 0 unspecified atom stereocenters. The summed E-state index contributed by atoms with van der Waals surface area (Å²) in [6.07, 6.45) is 10.5. The molecule has 3 N–H and O–H groups in total. The van der Waals surface area contributed by atoms with Gasteiger partial charge in [-0.25, -0.2) is 9.97 Å². The molecule has 1 atom stereocenters. The summed E-state index contributed by atoms with van der Waals surface area (Å²) < 4.78 is 5.24. The molecule has 0 radical (unpaired) electrons. The highest BCUT2D eigenvalue weighted by Gasteiger charge is 2.36. The summed E-state index contributed by atoms with van der Waals surface area (Å²) in [7, 11) is 1.75. The number of anilines is 2. The Hall–Kier alpha value is -1.60. The molecule has 2 aromatic rings. The topological polar surface area (TPSA) is 71.1 Å².